The maximum atomic E-state index is 13.0. The number of methoxy groups -OCH3 is 1. The second-order valence-corrected chi connectivity index (χ2v) is 10.9. The third kappa shape index (κ3) is 4.82. The van der Waals surface area contributed by atoms with Crippen LogP contribution in [0.4, 0.5) is 11.8 Å². The van der Waals surface area contributed by atoms with Crippen LogP contribution in [0, 0.1) is 0 Å². The number of H-pyrrole nitrogens is 1. The molecule has 0 amide bonds. The van der Waals surface area contributed by atoms with Crippen LogP contribution < -0.4 is 17.0 Å². The van der Waals surface area contributed by atoms with E-state index < -0.39 is 69.3 Å². The minimum absolute atomic E-state index is 0.0560. The van der Waals surface area contributed by atoms with Gasteiger partial charge in [-0.2, -0.15) is 4.98 Å². The minimum Gasteiger partial charge on any atom is -0.387 e. The second-order valence-electron chi connectivity index (χ2n) is 9.50. The lowest BCUT2D eigenvalue weighted by Crippen LogP contribution is -2.35. The molecule has 0 spiro atoms. The Labute approximate surface area is 234 Å². The zero-order valence-electron chi connectivity index (χ0n) is 21.6. The first-order valence-corrected chi connectivity index (χ1v) is 13.8. The zero-order chi connectivity index (χ0) is 29.9. The van der Waals surface area contributed by atoms with Gasteiger partial charge in [-0.05, 0) is 6.07 Å². The standard InChI is InChI=1S/C21H26N9O11P/c1-37-20-12(33)13(19(40-20)30-6-26-9-16(30)27-21(23)28-17(9)34)41-42(35,36)38-4-8-10(31)11(32)18(39-8)29-3-2-7-14(22)24-5-25-15(7)29/h2-3,5-6,8,10-13,18-20,31-33H,4H2,1H3,(H,35,36)(H2,22,24,25)(H3,23,27,28,34)/t8-,10?,11?,12?,13?,18-,19-,20+/m1/s1. The van der Waals surface area contributed by atoms with Gasteiger partial charge in [-0.1, -0.05) is 0 Å². The molecule has 6 rings (SSSR count). The summed E-state index contributed by atoms with van der Waals surface area (Å²) in [5.41, 5.74) is 11.0. The Kier molecular flexibility index (Phi) is 7.22. The Morgan fingerprint density at radius 1 is 1.07 bits per heavy atom. The number of hydrogen-bond acceptors (Lipinski definition) is 16. The summed E-state index contributed by atoms with van der Waals surface area (Å²) in [6.45, 7) is -0.706. The Bertz CT molecular complexity index is 1730. The van der Waals surface area contributed by atoms with E-state index in [0.29, 0.717) is 11.0 Å². The number of anilines is 2. The van der Waals surface area contributed by atoms with Gasteiger partial charge in [-0.15, -0.1) is 0 Å². The van der Waals surface area contributed by atoms with E-state index in [-0.39, 0.29) is 22.9 Å². The number of hydrogen-bond donors (Lipinski definition) is 7. The fourth-order valence-corrected chi connectivity index (χ4v) is 5.86. The maximum Gasteiger partial charge on any atom is 0.472 e. The molecule has 2 saturated heterocycles. The molecule has 20 nitrogen and oxygen atoms in total. The molecule has 9 N–H and O–H groups in total. The van der Waals surface area contributed by atoms with Crippen LogP contribution in [-0.2, 0) is 27.8 Å². The second kappa shape index (κ2) is 10.6. The van der Waals surface area contributed by atoms with Crippen molar-refractivity contribution in [1.29, 1.82) is 0 Å². The number of ether oxygens (including phenoxy) is 3. The molecule has 2 fully saturated rings. The molecule has 0 radical (unpaired) electrons. The number of aromatic amines is 1. The summed E-state index contributed by atoms with van der Waals surface area (Å²) in [7, 11) is -3.79. The summed E-state index contributed by atoms with van der Waals surface area (Å²) in [5.74, 6) is -0.0315. The van der Waals surface area contributed by atoms with Crippen molar-refractivity contribution in [2.45, 2.75) is 49.3 Å². The molecule has 2 aliphatic rings. The lowest BCUT2D eigenvalue weighted by molar-refractivity contribution is -0.160. The Balaban J connectivity index is 1.19. The van der Waals surface area contributed by atoms with Crippen molar-refractivity contribution in [3.8, 4) is 0 Å². The number of fused-ring (bicyclic) bond motifs is 2. The topological polar surface area (TPSA) is 290 Å². The zero-order valence-corrected chi connectivity index (χ0v) is 22.5. The molecular formula is C21H26N9O11P. The van der Waals surface area contributed by atoms with Gasteiger partial charge in [0.05, 0.1) is 18.3 Å². The predicted octanol–water partition coefficient (Wildman–Crippen LogP) is -2.29. The van der Waals surface area contributed by atoms with E-state index in [2.05, 4.69) is 24.9 Å². The molecule has 2 aliphatic heterocycles. The van der Waals surface area contributed by atoms with Crippen molar-refractivity contribution in [3.05, 3.63) is 35.3 Å². The lowest BCUT2D eigenvalue weighted by atomic mass is 10.1. The van der Waals surface area contributed by atoms with Crippen LogP contribution >= 0.6 is 7.82 Å². The number of phosphoric ester groups is 1. The number of aromatic nitrogens is 7. The Hall–Kier alpha value is -3.56. The number of imidazole rings is 1. The van der Waals surface area contributed by atoms with Gasteiger partial charge >= 0.3 is 7.82 Å². The third-order valence-electron chi connectivity index (χ3n) is 6.94. The molecule has 0 bridgehead atoms. The van der Waals surface area contributed by atoms with Crippen molar-refractivity contribution in [3.63, 3.8) is 0 Å². The SMILES string of the molecule is CO[C@H]1O[C@@H](n2cnc3c(=O)[nH]c(N)nc32)C(OP(=O)(O)OC[C@H]2O[C@@H](n3ccc4c(N)ncnc43)C(O)C2O)C1O. The lowest BCUT2D eigenvalue weighted by Gasteiger charge is -2.24. The average Bonchev–Trinajstić information content (AvgIpc) is 3.69. The van der Waals surface area contributed by atoms with E-state index in [4.69, 9.17) is 34.7 Å². The van der Waals surface area contributed by atoms with Crippen molar-refractivity contribution in [1.82, 2.24) is 34.1 Å². The highest BCUT2D eigenvalue weighted by Crippen LogP contribution is 2.50. The largest absolute Gasteiger partial charge is 0.472 e. The van der Waals surface area contributed by atoms with Crippen LogP contribution in [0.25, 0.3) is 22.2 Å². The van der Waals surface area contributed by atoms with E-state index >= 15 is 0 Å². The van der Waals surface area contributed by atoms with Gasteiger partial charge < -0.3 is 50.5 Å². The highest BCUT2D eigenvalue weighted by molar-refractivity contribution is 7.47. The van der Waals surface area contributed by atoms with Crippen LogP contribution in [-0.4, -0.2) is 105 Å². The van der Waals surface area contributed by atoms with Crippen LogP contribution in [0.15, 0.2) is 29.7 Å². The quantitative estimate of drug-likeness (QED) is 0.103. The van der Waals surface area contributed by atoms with Gasteiger partial charge in [0.2, 0.25) is 5.95 Å². The van der Waals surface area contributed by atoms with Crippen molar-refractivity contribution in [2.24, 2.45) is 0 Å². The number of nitrogens with zero attached hydrogens (tertiary/aromatic N) is 6. The van der Waals surface area contributed by atoms with Gasteiger partial charge in [0, 0.05) is 13.3 Å². The van der Waals surface area contributed by atoms with Gasteiger partial charge in [0.1, 0.15) is 48.3 Å². The molecule has 226 valence electrons. The molecule has 6 heterocycles. The predicted molar refractivity (Wildman–Crippen MR) is 138 cm³/mol. The number of phosphoric acid groups is 1. The van der Waals surface area contributed by atoms with Crippen molar-refractivity contribution in [2.75, 3.05) is 25.2 Å². The molecule has 21 heteroatoms. The third-order valence-corrected chi connectivity index (χ3v) is 7.92. The van der Waals surface area contributed by atoms with Crippen LogP contribution in [0.2, 0.25) is 0 Å². The first kappa shape index (κ1) is 28.6. The highest BCUT2D eigenvalue weighted by atomic mass is 31.2. The summed E-state index contributed by atoms with van der Waals surface area (Å²) in [6, 6.07) is 1.61. The summed E-state index contributed by atoms with van der Waals surface area (Å²) in [5, 5.41) is 32.5. The number of rotatable bonds is 8. The molecule has 4 aromatic heterocycles. The summed E-state index contributed by atoms with van der Waals surface area (Å²) in [6.07, 6.45) is -7.44. The average molecular weight is 611 g/mol. The molecule has 0 saturated carbocycles. The van der Waals surface area contributed by atoms with Gasteiger partial charge in [-0.3, -0.25) is 23.4 Å². The van der Waals surface area contributed by atoms with Gasteiger partial charge in [-0.25, -0.2) is 19.5 Å². The van der Waals surface area contributed by atoms with Crippen LogP contribution in [0.5, 0.6) is 0 Å². The normalized spacial score (nSPS) is 31.3. The summed E-state index contributed by atoms with van der Waals surface area (Å²) >= 11 is 0. The van der Waals surface area contributed by atoms with Crippen LogP contribution in [0.1, 0.15) is 12.5 Å². The number of nitrogen functional groups attached to an aromatic ring is 2. The molecule has 0 aliphatic carbocycles. The van der Waals surface area contributed by atoms with E-state index in [9.17, 15) is 29.6 Å². The van der Waals surface area contributed by atoms with E-state index in [1.165, 1.54) is 28.8 Å². The monoisotopic (exact) mass is 611 g/mol. The minimum atomic E-state index is -5.02. The molecule has 42 heavy (non-hydrogen) atoms. The smallest absolute Gasteiger partial charge is 0.387 e. The number of aliphatic hydroxyl groups is 3. The Morgan fingerprint density at radius 2 is 1.86 bits per heavy atom. The number of aliphatic hydroxyl groups excluding tert-OH is 3. The molecule has 0 aromatic carbocycles. The van der Waals surface area contributed by atoms with Crippen molar-refractivity contribution < 1.29 is 48.0 Å². The van der Waals surface area contributed by atoms with Crippen LogP contribution in [0.3, 0.4) is 0 Å². The number of nitrogens with two attached hydrogens (primary N) is 2. The van der Waals surface area contributed by atoms with E-state index in [1.807, 2.05) is 0 Å². The fourth-order valence-electron chi connectivity index (χ4n) is 4.93. The van der Waals surface area contributed by atoms with Gasteiger partial charge in [0.25, 0.3) is 5.56 Å². The molecular weight excluding hydrogens is 585 g/mol. The number of nitrogens with one attached hydrogen (secondary N) is 1. The first-order chi connectivity index (χ1) is 20.0. The highest BCUT2D eigenvalue weighted by Gasteiger charge is 2.51. The van der Waals surface area contributed by atoms with Crippen molar-refractivity contribution >= 4 is 41.8 Å². The summed E-state index contributed by atoms with van der Waals surface area (Å²) < 4.78 is 42.5. The van der Waals surface area contributed by atoms with Gasteiger partial charge in [0.15, 0.2) is 29.9 Å². The van der Waals surface area contributed by atoms with E-state index in [0.717, 1.165) is 6.33 Å². The molecule has 4 aromatic rings. The summed E-state index contributed by atoms with van der Waals surface area (Å²) in [4.78, 5) is 41.1. The molecule has 9 atom stereocenters. The molecule has 5 unspecified atom stereocenters. The Morgan fingerprint density at radius 3 is 2.62 bits per heavy atom. The first-order valence-electron chi connectivity index (χ1n) is 12.3. The maximum absolute atomic E-state index is 13.0. The van der Waals surface area contributed by atoms with E-state index in [1.54, 1.807) is 6.07 Å². The fraction of sp³-hybridized carbons (Fsp3) is 0.476.